The van der Waals surface area contributed by atoms with Crippen molar-refractivity contribution in [3.05, 3.63) is 64.3 Å². The van der Waals surface area contributed by atoms with Gasteiger partial charge < -0.3 is 9.64 Å². The summed E-state index contributed by atoms with van der Waals surface area (Å²) in [5, 5.41) is 8.62. The quantitative estimate of drug-likeness (QED) is 0.648. The van der Waals surface area contributed by atoms with E-state index in [9.17, 15) is 9.59 Å². The summed E-state index contributed by atoms with van der Waals surface area (Å²) in [5.41, 5.74) is 3.17. The molecule has 1 N–H and O–H groups in total. The van der Waals surface area contributed by atoms with Gasteiger partial charge in [0.25, 0.3) is 5.91 Å². The number of ether oxygens (including phenoxy) is 1. The Morgan fingerprint density at radius 1 is 1.10 bits per heavy atom. The van der Waals surface area contributed by atoms with Crippen LogP contribution in [0.1, 0.15) is 27.7 Å². The molecule has 1 amide bonds. The van der Waals surface area contributed by atoms with Crippen molar-refractivity contribution in [2.45, 2.75) is 13.0 Å². The molecule has 0 saturated carbocycles. The van der Waals surface area contributed by atoms with Gasteiger partial charge in [0.1, 0.15) is 6.04 Å². The van der Waals surface area contributed by atoms with Gasteiger partial charge in [0.05, 0.1) is 12.6 Å². The van der Waals surface area contributed by atoms with Crippen LogP contribution in [0.15, 0.2) is 42.5 Å². The van der Waals surface area contributed by atoms with E-state index >= 15 is 0 Å². The molecule has 1 fully saturated rings. The Balaban J connectivity index is 1.50. The predicted octanol–water partition coefficient (Wildman–Crippen LogP) is 3.20. The van der Waals surface area contributed by atoms with Gasteiger partial charge in [-0.2, -0.15) is 5.10 Å². The van der Waals surface area contributed by atoms with Crippen LogP contribution in [0.2, 0.25) is 5.02 Å². The number of aromatic amines is 1. The van der Waals surface area contributed by atoms with E-state index in [1.165, 1.54) is 7.11 Å². The molecular weight excluding hydrogens is 404 g/mol. The third kappa shape index (κ3) is 3.91. The van der Waals surface area contributed by atoms with Crippen LogP contribution in [0.3, 0.4) is 0 Å². The molecule has 1 aliphatic rings. The SMILES string of the molecule is COC(=O)C(c1ccc(Cl)cc1)N1CCN(C(=O)c2n[nH]c3ccc(C)cc23)CC1. The van der Waals surface area contributed by atoms with Crippen molar-refractivity contribution < 1.29 is 14.3 Å². The molecule has 0 bridgehead atoms. The third-order valence-corrected chi connectivity index (χ3v) is 5.75. The van der Waals surface area contributed by atoms with E-state index in [0.29, 0.717) is 36.9 Å². The minimum atomic E-state index is -0.529. The largest absolute Gasteiger partial charge is 0.468 e. The molecule has 2 aromatic carbocycles. The van der Waals surface area contributed by atoms with Gasteiger partial charge in [0, 0.05) is 36.6 Å². The first-order valence-corrected chi connectivity index (χ1v) is 10.2. The Kier molecular flexibility index (Phi) is 5.74. The molecule has 30 heavy (non-hydrogen) atoms. The van der Waals surface area contributed by atoms with Crippen molar-refractivity contribution in [1.82, 2.24) is 20.0 Å². The lowest BCUT2D eigenvalue weighted by molar-refractivity contribution is -0.148. The van der Waals surface area contributed by atoms with Crippen LogP contribution in [0.25, 0.3) is 10.9 Å². The van der Waals surface area contributed by atoms with Crippen molar-refractivity contribution in [3.8, 4) is 0 Å². The maximum absolute atomic E-state index is 13.1. The van der Waals surface area contributed by atoms with Crippen LogP contribution in [0.5, 0.6) is 0 Å². The first-order valence-electron chi connectivity index (χ1n) is 9.79. The second-order valence-electron chi connectivity index (χ2n) is 7.43. The Labute approximate surface area is 179 Å². The molecule has 8 heteroatoms. The molecule has 2 heterocycles. The van der Waals surface area contributed by atoms with Gasteiger partial charge in [0.2, 0.25) is 0 Å². The van der Waals surface area contributed by atoms with E-state index in [1.807, 2.05) is 42.2 Å². The highest BCUT2D eigenvalue weighted by molar-refractivity contribution is 6.30. The van der Waals surface area contributed by atoms with Crippen LogP contribution in [0.4, 0.5) is 0 Å². The van der Waals surface area contributed by atoms with Gasteiger partial charge in [-0.15, -0.1) is 0 Å². The normalized spacial score (nSPS) is 15.9. The Hall–Kier alpha value is -2.90. The van der Waals surface area contributed by atoms with Gasteiger partial charge in [0.15, 0.2) is 5.69 Å². The number of nitrogens with zero attached hydrogens (tertiary/aromatic N) is 3. The molecule has 1 saturated heterocycles. The summed E-state index contributed by atoms with van der Waals surface area (Å²) >= 11 is 5.99. The number of hydrogen-bond acceptors (Lipinski definition) is 5. The number of carbonyl (C=O) groups is 2. The molecule has 156 valence electrons. The molecule has 0 radical (unpaired) electrons. The number of rotatable bonds is 4. The number of carbonyl (C=O) groups excluding carboxylic acids is 2. The van der Waals surface area contributed by atoms with Crippen molar-refractivity contribution in [2.24, 2.45) is 0 Å². The summed E-state index contributed by atoms with van der Waals surface area (Å²) in [7, 11) is 1.38. The molecule has 4 rings (SSSR count). The summed E-state index contributed by atoms with van der Waals surface area (Å²) in [5.74, 6) is -0.432. The van der Waals surface area contributed by atoms with Crippen molar-refractivity contribution in [2.75, 3.05) is 33.3 Å². The monoisotopic (exact) mass is 426 g/mol. The van der Waals surface area contributed by atoms with E-state index < -0.39 is 6.04 Å². The molecule has 7 nitrogen and oxygen atoms in total. The number of H-pyrrole nitrogens is 1. The Morgan fingerprint density at radius 3 is 2.47 bits per heavy atom. The van der Waals surface area contributed by atoms with E-state index in [4.69, 9.17) is 16.3 Å². The molecular formula is C22H23ClN4O3. The Morgan fingerprint density at radius 2 is 1.80 bits per heavy atom. The zero-order chi connectivity index (χ0) is 21.3. The summed E-state index contributed by atoms with van der Waals surface area (Å²) in [4.78, 5) is 29.4. The number of aromatic nitrogens is 2. The highest BCUT2D eigenvalue weighted by Crippen LogP contribution is 2.26. The number of amides is 1. The van der Waals surface area contributed by atoms with Gasteiger partial charge in [-0.25, -0.2) is 4.79 Å². The molecule has 1 atom stereocenters. The third-order valence-electron chi connectivity index (χ3n) is 5.50. The lowest BCUT2D eigenvalue weighted by atomic mass is 10.0. The Bertz CT molecular complexity index is 1070. The minimum absolute atomic E-state index is 0.104. The summed E-state index contributed by atoms with van der Waals surface area (Å²) < 4.78 is 5.03. The molecule has 1 aliphatic heterocycles. The number of esters is 1. The van der Waals surface area contributed by atoms with Crippen molar-refractivity contribution in [1.29, 1.82) is 0 Å². The van der Waals surface area contributed by atoms with Crippen LogP contribution < -0.4 is 0 Å². The number of methoxy groups -OCH3 is 1. The summed E-state index contributed by atoms with van der Waals surface area (Å²) in [6.07, 6.45) is 0. The number of halogens is 1. The van der Waals surface area contributed by atoms with E-state index in [1.54, 1.807) is 17.0 Å². The molecule has 0 spiro atoms. The van der Waals surface area contributed by atoms with Gasteiger partial charge in [-0.1, -0.05) is 35.4 Å². The van der Waals surface area contributed by atoms with E-state index in [2.05, 4.69) is 10.2 Å². The number of nitrogens with one attached hydrogen (secondary N) is 1. The zero-order valence-corrected chi connectivity index (χ0v) is 17.6. The first-order chi connectivity index (χ1) is 14.5. The number of aryl methyl sites for hydroxylation is 1. The number of benzene rings is 2. The topological polar surface area (TPSA) is 78.5 Å². The van der Waals surface area contributed by atoms with Crippen molar-refractivity contribution in [3.63, 3.8) is 0 Å². The second kappa shape index (κ2) is 8.45. The maximum atomic E-state index is 13.1. The van der Waals surface area contributed by atoms with Gasteiger partial charge in [-0.3, -0.25) is 14.8 Å². The molecule has 0 aliphatic carbocycles. The van der Waals surface area contributed by atoms with E-state index in [0.717, 1.165) is 22.0 Å². The van der Waals surface area contributed by atoms with Gasteiger partial charge >= 0.3 is 5.97 Å². The average molecular weight is 427 g/mol. The lowest BCUT2D eigenvalue weighted by Gasteiger charge is -2.38. The highest BCUT2D eigenvalue weighted by Gasteiger charge is 2.33. The number of piperazine rings is 1. The molecule has 3 aromatic rings. The molecule has 1 unspecified atom stereocenters. The fraction of sp³-hybridized carbons (Fsp3) is 0.318. The second-order valence-corrected chi connectivity index (χ2v) is 7.86. The zero-order valence-electron chi connectivity index (χ0n) is 16.9. The van der Waals surface area contributed by atoms with Crippen LogP contribution in [0, 0.1) is 6.92 Å². The standard InChI is InChI=1S/C22H23ClN4O3/c1-14-3-8-18-17(13-14)19(25-24-18)21(28)27-11-9-26(10-12-27)20(22(29)30-2)15-4-6-16(23)7-5-15/h3-8,13,20H,9-12H2,1-2H3,(H,24,25). The average Bonchev–Trinajstić information content (AvgIpc) is 3.18. The van der Waals surface area contributed by atoms with Crippen LogP contribution in [-0.2, 0) is 9.53 Å². The predicted molar refractivity (Wildman–Crippen MR) is 115 cm³/mol. The maximum Gasteiger partial charge on any atom is 0.327 e. The fourth-order valence-electron chi connectivity index (χ4n) is 3.88. The minimum Gasteiger partial charge on any atom is -0.468 e. The number of hydrogen-bond donors (Lipinski definition) is 1. The summed E-state index contributed by atoms with van der Waals surface area (Å²) in [6, 6.07) is 12.5. The van der Waals surface area contributed by atoms with Crippen molar-refractivity contribution >= 4 is 34.4 Å². The lowest BCUT2D eigenvalue weighted by Crippen LogP contribution is -2.51. The van der Waals surface area contributed by atoms with Crippen LogP contribution >= 0.6 is 11.6 Å². The van der Waals surface area contributed by atoms with Crippen LogP contribution in [-0.4, -0.2) is 65.2 Å². The van der Waals surface area contributed by atoms with Gasteiger partial charge in [-0.05, 0) is 36.8 Å². The molecule has 1 aromatic heterocycles. The summed E-state index contributed by atoms with van der Waals surface area (Å²) in [6.45, 7) is 4.09. The fourth-order valence-corrected chi connectivity index (χ4v) is 4.00. The smallest absolute Gasteiger partial charge is 0.327 e. The van der Waals surface area contributed by atoms with E-state index in [-0.39, 0.29) is 11.9 Å². The first kappa shape index (κ1) is 20.4. The number of fused-ring (bicyclic) bond motifs is 1. The highest BCUT2D eigenvalue weighted by atomic mass is 35.5.